The van der Waals surface area contributed by atoms with Crippen molar-refractivity contribution in [3.05, 3.63) is 63.6 Å². The Morgan fingerprint density at radius 3 is 2.58 bits per heavy atom. The van der Waals surface area contributed by atoms with Gasteiger partial charge in [-0.2, -0.15) is 0 Å². The fourth-order valence-electron chi connectivity index (χ4n) is 1.76. The Morgan fingerprint density at radius 2 is 1.95 bits per heavy atom. The molecule has 0 aromatic heterocycles. The molecule has 2 aromatic carbocycles. The molecule has 0 unspecified atom stereocenters. The number of carbonyl (C=O) groups is 1. The van der Waals surface area contributed by atoms with Crippen molar-refractivity contribution in [1.29, 1.82) is 0 Å². The van der Waals surface area contributed by atoms with Crippen molar-refractivity contribution in [2.45, 2.75) is 13.5 Å². The molecule has 0 saturated heterocycles. The fraction of sp³-hybridized carbons (Fsp3) is 0.133. The van der Waals surface area contributed by atoms with Crippen LogP contribution in [0.4, 0.5) is 0 Å². The van der Waals surface area contributed by atoms with Gasteiger partial charge in [-0.25, -0.2) is 4.79 Å². The number of carboxylic acid groups (broad SMARTS) is 1. The first-order valence-electron chi connectivity index (χ1n) is 5.78. The predicted octanol–water partition coefficient (Wildman–Crippen LogP) is 4.03. The summed E-state index contributed by atoms with van der Waals surface area (Å²) in [6.07, 6.45) is 0. The first-order chi connectivity index (χ1) is 9.08. The van der Waals surface area contributed by atoms with Crippen LogP contribution in [-0.2, 0) is 6.61 Å². The van der Waals surface area contributed by atoms with E-state index in [1.165, 1.54) is 0 Å². The van der Waals surface area contributed by atoms with E-state index in [4.69, 9.17) is 4.74 Å². The van der Waals surface area contributed by atoms with Gasteiger partial charge in [0.25, 0.3) is 0 Å². The number of aryl methyl sites for hydroxylation is 1. The monoisotopic (exact) mass is 320 g/mol. The van der Waals surface area contributed by atoms with Crippen LogP contribution in [0.15, 0.2) is 46.9 Å². The minimum Gasteiger partial charge on any atom is -0.487 e. The molecule has 2 rings (SSSR count). The molecular formula is C15H13BrO3. The van der Waals surface area contributed by atoms with E-state index in [1.54, 1.807) is 6.07 Å². The van der Waals surface area contributed by atoms with E-state index in [2.05, 4.69) is 15.9 Å². The Hall–Kier alpha value is -1.81. The van der Waals surface area contributed by atoms with Gasteiger partial charge in [0, 0.05) is 0 Å². The summed E-state index contributed by atoms with van der Waals surface area (Å²) in [5, 5.41) is 9.21. The van der Waals surface area contributed by atoms with Gasteiger partial charge >= 0.3 is 5.97 Å². The Bertz CT molecular complexity index is 594. The van der Waals surface area contributed by atoms with E-state index in [1.807, 2.05) is 43.3 Å². The number of halogens is 1. The van der Waals surface area contributed by atoms with Crippen LogP contribution >= 0.6 is 15.9 Å². The molecule has 1 N–H and O–H groups in total. The van der Waals surface area contributed by atoms with Gasteiger partial charge in [-0.15, -0.1) is 0 Å². The summed E-state index contributed by atoms with van der Waals surface area (Å²) < 4.78 is 6.30. The van der Waals surface area contributed by atoms with Crippen molar-refractivity contribution in [2.75, 3.05) is 0 Å². The minimum absolute atomic E-state index is 0.169. The Kier molecular flexibility index (Phi) is 4.22. The van der Waals surface area contributed by atoms with E-state index < -0.39 is 5.97 Å². The normalized spacial score (nSPS) is 10.2. The molecule has 4 heteroatoms. The van der Waals surface area contributed by atoms with Crippen LogP contribution in [0.5, 0.6) is 5.75 Å². The van der Waals surface area contributed by atoms with Gasteiger partial charge in [0.1, 0.15) is 17.9 Å². The molecule has 0 aliphatic carbocycles. The number of rotatable bonds is 4. The van der Waals surface area contributed by atoms with Crippen LogP contribution < -0.4 is 4.74 Å². The van der Waals surface area contributed by atoms with Gasteiger partial charge in [-0.3, -0.25) is 0 Å². The first kappa shape index (κ1) is 13.6. The highest BCUT2D eigenvalue weighted by atomic mass is 79.9. The van der Waals surface area contributed by atoms with Crippen LogP contribution in [0, 0.1) is 6.92 Å². The maximum Gasteiger partial charge on any atom is 0.339 e. The molecule has 0 fully saturated rings. The summed E-state index contributed by atoms with van der Waals surface area (Å²) in [5.74, 6) is -0.630. The summed E-state index contributed by atoms with van der Waals surface area (Å²) in [6.45, 7) is 2.18. The second kappa shape index (κ2) is 5.89. The van der Waals surface area contributed by atoms with Crippen LogP contribution in [0.25, 0.3) is 0 Å². The zero-order chi connectivity index (χ0) is 13.8. The lowest BCUT2D eigenvalue weighted by molar-refractivity contribution is 0.0691. The Balaban J connectivity index is 2.27. The highest BCUT2D eigenvalue weighted by Crippen LogP contribution is 2.31. The van der Waals surface area contributed by atoms with Crippen molar-refractivity contribution < 1.29 is 14.6 Å². The van der Waals surface area contributed by atoms with E-state index in [0.717, 1.165) is 11.1 Å². The topological polar surface area (TPSA) is 46.5 Å². The Morgan fingerprint density at radius 1 is 1.26 bits per heavy atom. The molecular weight excluding hydrogens is 308 g/mol. The van der Waals surface area contributed by atoms with Crippen LogP contribution in [-0.4, -0.2) is 11.1 Å². The molecule has 0 amide bonds. The third-order valence-corrected chi connectivity index (χ3v) is 3.23. The summed E-state index contributed by atoms with van der Waals surface area (Å²) in [4.78, 5) is 11.2. The number of carboxylic acids is 1. The lowest BCUT2D eigenvalue weighted by Crippen LogP contribution is -2.04. The van der Waals surface area contributed by atoms with E-state index in [-0.39, 0.29) is 5.56 Å². The zero-order valence-corrected chi connectivity index (χ0v) is 12.0. The number of hydrogen-bond donors (Lipinski definition) is 1. The van der Waals surface area contributed by atoms with Gasteiger partial charge in [-0.1, -0.05) is 30.3 Å². The summed E-state index contributed by atoms with van der Waals surface area (Å²) in [6, 6.07) is 13.1. The van der Waals surface area contributed by atoms with Gasteiger partial charge in [-0.05, 0) is 46.1 Å². The van der Waals surface area contributed by atoms with Gasteiger partial charge in [0.2, 0.25) is 0 Å². The maximum atomic E-state index is 11.2. The largest absolute Gasteiger partial charge is 0.487 e. The molecule has 98 valence electrons. The average molecular weight is 321 g/mol. The fourth-order valence-corrected chi connectivity index (χ4v) is 2.45. The average Bonchev–Trinajstić information content (AvgIpc) is 2.38. The molecule has 0 radical (unpaired) electrons. The van der Waals surface area contributed by atoms with Gasteiger partial charge < -0.3 is 9.84 Å². The number of aromatic carboxylic acids is 1. The van der Waals surface area contributed by atoms with E-state index in [0.29, 0.717) is 16.8 Å². The van der Waals surface area contributed by atoms with Crippen molar-refractivity contribution in [3.8, 4) is 5.75 Å². The van der Waals surface area contributed by atoms with Crippen LogP contribution in [0.1, 0.15) is 21.5 Å². The lowest BCUT2D eigenvalue weighted by atomic mass is 10.1. The predicted molar refractivity (Wildman–Crippen MR) is 76.6 cm³/mol. The van der Waals surface area contributed by atoms with E-state index in [9.17, 15) is 9.90 Å². The molecule has 3 nitrogen and oxygen atoms in total. The third kappa shape index (κ3) is 3.35. The molecule has 19 heavy (non-hydrogen) atoms. The number of hydrogen-bond acceptors (Lipinski definition) is 2. The first-order valence-corrected chi connectivity index (χ1v) is 6.57. The quantitative estimate of drug-likeness (QED) is 0.924. The van der Waals surface area contributed by atoms with Crippen LogP contribution in [0.2, 0.25) is 0 Å². The SMILES string of the molecule is Cc1cc(Br)c(OCc2ccccc2)c(C(=O)O)c1. The van der Waals surface area contributed by atoms with Crippen LogP contribution in [0.3, 0.4) is 0 Å². The third-order valence-electron chi connectivity index (χ3n) is 2.64. The van der Waals surface area contributed by atoms with Crippen molar-refractivity contribution in [3.63, 3.8) is 0 Å². The molecule has 0 bridgehead atoms. The molecule has 0 spiro atoms. The smallest absolute Gasteiger partial charge is 0.339 e. The minimum atomic E-state index is -0.993. The summed E-state index contributed by atoms with van der Waals surface area (Å²) >= 11 is 3.35. The molecule has 0 atom stereocenters. The number of ether oxygens (including phenoxy) is 1. The van der Waals surface area contributed by atoms with Gasteiger partial charge in [0.15, 0.2) is 0 Å². The molecule has 0 aliphatic rings. The second-order valence-corrected chi connectivity index (χ2v) is 5.06. The molecule has 0 saturated carbocycles. The lowest BCUT2D eigenvalue weighted by Gasteiger charge is -2.12. The highest BCUT2D eigenvalue weighted by Gasteiger charge is 2.15. The summed E-state index contributed by atoms with van der Waals surface area (Å²) in [7, 11) is 0. The van der Waals surface area contributed by atoms with Crippen molar-refractivity contribution in [1.82, 2.24) is 0 Å². The molecule has 0 aliphatic heterocycles. The standard InChI is InChI=1S/C15H13BrO3/c1-10-7-12(15(17)18)14(13(16)8-10)19-9-11-5-3-2-4-6-11/h2-8H,9H2,1H3,(H,17,18). The van der Waals surface area contributed by atoms with Crippen molar-refractivity contribution in [2.24, 2.45) is 0 Å². The van der Waals surface area contributed by atoms with Crippen molar-refractivity contribution >= 4 is 21.9 Å². The number of benzene rings is 2. The molecule has 2 aromatic rings. The molecule has 0 heterocycles. The zero-order valence-electron chi connectivity index (χ0n) is 10.4. The second-order valence-electron chi connectivity index (χ2n) is 4.20. The van der Waals surface area contributed by atoms with Gasteiger partial charge in [0.05, 0.1) is 4.47 Å². The highest BCUT2D eigenvalue weighted by molar-refractivity contribution is 9.10. The van der Waals surface area contributed by atoms with E-state index >= 15 is 0 Å². The Labute approximate surface area is 120 Å². The maximum absolute atomic E-state index is 11.2. The summed E-state index contributed by atoms with van der Waals surface area (Å²) in [5.41, 5.74) is 2.03.